The number of likely N-dealkylation sites (tertiary alicyclic amines) is 1. The van der Waals surface area contributed by atoms with Gasteiger partial charge in [-0.05, 0) is 24.8 Å². The van der Waals surface area contributed by atoms with E-state index in [1.54, 1.807) is 0 Å². The van der Waals surface area contributed by atoms with Crippen molar-refractivity contribution in [2.45, 2.75) is 38.6 Å². The van der Waals surface area contributed by atoms with E-state index in [9.17, 15) is 9.59 Å². The van der Waals surface area contributed by atoms with Crippen LogP contribution in [0.15, 0.2) is 36.5 Å². The minimum Gasteiger partial charge on any atom is -0.342 e. The molecule has 2 aliphatic heterocycles. The number of nitrogens with zero attached hydrogens (tertiary/aromatic N) is 3. The highest BCUT2D eigenvalue weighted by molar-refractivity contribution is 5.84. The highest BCUT2D eigenvalue weighted by atomic mass is 16.2. The van der Waals surface area contributed by atoms with E-state index in [-0.39, 0.29) is 17.7 Å². The molecule has 1 aromatic heterocycles. The maximum atomic E-state index is 13.0. The Morgan fingerprint density at radius 1 is 1.22 bits per heavy atom. The van der Waals surface area contributed by atoms with Gasteiger partial charge in [-0.2, -0.15) is 5.10 Å². The number of piperidine rings is 1. The van der Waals surface area contributed by atoms with Gasteiger partial charge in [0.05, 0.1) is 12.1 Å². The Hall–Kier alpha value is -2.63. The zero-order valence-corrected chi connectivity index (χ0v) is 15.6. The van der Waals surface area contributed by atoms with Crippen LogP contribution in [0.2, 0.25) is 0 Å². The lowest BCUT2D eigenvalue weighted by Crippen LogP contribution is -2.48. The van der Waals surface area contributed by atoms with Crippen LogP contribution in [0.1, 0.15) is 36.1 Å². The molecular weight excluding hydrogens is 340 g/mol. The lowest BCUT2D eigenvalue weighted by atomic mass is 9.94. The highest BCUT2D eigenvalue weighted by Crippen LogP contribution is 2.24. The fourth-order valence-corrected chi connectivity index (χ4v) is 4.12. The topological polar surface area (TPSA) is 69.3 Å². The molecule has 1 atom stereocenters. The van der Waals surface area contributed by atoms with Gasteiger partial charge in [0.1, 0.15) is 0 Å². The van der Waals surface area contributed by atoms with E-state index in [0.717, 1.165) is 43.6 Å². The average Bonchev–Trinajstić information content (AvgIpc) is 3.17. The zero-order chi connectivity index (χ0) is 18.6. The summed E-state index contributed by atoms with van der Waals surface area (Å²) in [5.74, 6) is 0.290. The van der Waals surface area contributed by atoms with Gasteiger partial charge in [0.25, 0.3) is 0 Å². The van der Waals surface area contributed by atoms with Crippen LogP contribution in [0.25, 0.3) is 0 Å². The molecule has 1 fully saturated rings. The van der Waals surface area contributed by atoms with Crippen molar-refractivity contribution in [3.8, 4) is 0 Å². The highest BCUT2D eigenvalue weighted by Gasteiger charge is 2.33. The fourth-order valence-electron chi connectivity index (χ4n) is 4.12. The van der Waals surface area contributed by atoms with Crippen LogP contribution in [-0.2, 0) is 29.0 Å². The minimum atomic E-state index is -0.0760. The zero-order valence-electron chi connectivity index (χ0n) is 15.6. The van der Waals surface area contributed by atoms with Crippen molar-refractivity contribution < 1.29 is 9.59 Å². The maximum Gasteiger partial charge on any atom is 0.227 e. The first-order valence-corrected chi connectivity index (χ1v) is 9.82. The molecule has 0 bridgehead atoms. The Morgan fingerprint density at radius 3 is 2.93 bits per heavy atom. The number of amides is 2. The molecular formula is C21H26N4O2. The number of fused-ring (bicyclic) bond motifs is 1. The molecule has 4 rings (SSSR count). The molecule has 0 radical (unpaired) electrons. The molecule has 142 valence electrons. The van der Waals surface area contributed by atoms with Crippen molar-refractivity contribution >= 4 is 11.8 Å². The molecule has 0 spiro atoms. The Labute approximate surface area is 159 Å². The fraction of sp³-hybridized carbons (Fsp3) is 0.476. The second kappa shape index (κ2) is 7.94. The monoisotopic (exact) mass is 366 g/mol. The van der Waals surface area contributed by atoms with Crippen LogP contribution >= 0.6 is 0 Å². The molecule has 2 aliphatic rings. The van der Waals surface area contributed by atoms with Gasteiger partial charge in [0.2, 0.25) is 11.8 Å². The summed E-state index contributed by atoms with van der Waals surface area (Å²) in [5, 5.41) is 7.08. The van der Waals surface area contributed by atoms with Crippen LogP contribution in [-0.4, -0.2) is 51.4 Å². The van der Waals surface area contributed by atoms with Crippen molar-refractivity contribution in [1.29, 1.82) is 0 Å². The second-order valence-corrected chi connectivity index (χ2v) is 7.55. The number of carbonyl (C=O) groups is 2. The van der Waals surface area contributed by atoms with Crippen molar-refractivity contribution in [3.05, 3.63) is 53.3 Å². The van der Waals surface area contributed by atoms with Crippen LogP contribution in [0, 0.1) is 5.92 Å². The summed E-state index contributed by atoms with van der Waals surface area (Å²) in [5.41, 5.74) is 3.54. The number of hydrogen-bond acceptors (Lipinski definition) is 3. The molecule has 6 heteroatoms. The normalized spacial score (nSPS) is 19.9. The van der Waals surface area contributed by atoms with Crippen LogP contribution < -0.4 is 0 Å². The van der Waals surface area contributed by atoms with E-state index in [4.69, 9.17) is 0 Å². The van der Waals surface area contributed by atoms with E-state index >= 15 is 0 Å². The van der Waals surface area contributed by atoms with E-state index in [0.29, 0.717) is 25.9 Å². The summed E-state index contributed by atoms with van der Waals surface area (Å²) in [6, 6.07) is 10.3. The molecule has 0 aliphatic carbocycles. The lowest BCUT2D eigenvalue weighted by Gasteiger charge is -2.36. The number of hydrogen-bond donors (Lipinski definition) is 1. The number of aryl methyl sites for hydroxylation is 1. The summed E-state index contributed by atoms with van der Waals surface area (Å²) in [4.78, 5) is 29.1. The van der Waals surface area contributed by atoms with E-state index in [1.807, 2.05) is 34.2 Å². The predicted molar refractivity (Wildman–Crippen MR) is 102 cm³/mol. The van der Waals surface area contributed by atoms with Gasteiger partial charge >= 0.3 is 0 Å². The Balaban J connectivity index is 1.31. The molecule has 1 N–H and O–H groups in total. The molecule has 0 saturated carbocycles. The summed E-state index contributed by atoms with van der Waals surface area (Å²) in [7, 11) is 0. The number of aromatic nitrogens is 2. The smallest absolute Gasteiger partial charge is 0.227 e. The van der Waals surface area contributed by atoms with Gasteiger partial charge in [-0.25, -0.2) is 0 Å². The van der Waals surface area contributed by atoms with Gasteiger partial charge < -0.3 is 9.80 Å². The molecule has 2 aromatic rings. The molecule has 1 saturated heterocycles. The summed E-state index contributed by atoms with van der Waals surface area (Å²) in [6.07, 6.45) is 5.67. The first kappa shape index (κ1) is 17.8. The Bertz CT molecular complexity index is 802. The molecule has 1 aromatic carbocycles. The third-order valence-corrected chi connectivity index (χ3v) is 5.70. The molecule has 2 amide bonds. The number of rotatable bonds is 5. The van der Waals surface area contributed by atoms with Crippen LogP contribution in [0.5, 0.6) is 0 Å². The number of nitrogens with one attached hydrogen (secondary N) is 1. The van der Waals surface area contributed by atoms with Gasteiger partial charge in [-0.3, -0.25) is 14.7 Å². The first-order valence-electron chi connectivity index (χ1n) is 9.82. The SMILES string of the molecule is O=C1CCC(C(=O)N2CCc3[nH]ncc3C2)CN1CCCc1ccccc1. The standard InChI is InChI=1S/C21H26N4O2/c26-20-9-8-17(14-24(20)11-4-7-16-5-2-1-3-6-16)21(27)25-12-10-19-18(15-25)13-22-23-19/h1-3,5-6,13,17H,4,7-12,14-15H2,(H,22,23). The summed E-state index contributed by atoms with van der Waals surface area (Å²) < 4.78 is 0. The second-order valence-electron chi connectivity index (χ2n) is 7.55. The van der Waals surface area contributed by atoms with Crippen molar-refractivity contribution in [2.75, 3.05) is 19.6 Å². The number of aromatic amines is 1. The quantitative estimate of drug-likeness (QED) is 0.882. The van der Waals surface area contributed by atoms with Crippen LogP contribution in [0.3, 0.4) is 0 Å². The van der Waals surface area contributed by atoms with Crippen LogP contribution in [0.4, 0.5) is 0 Å². The van der Waals surface area contributed by atoms with Crippen molar-refractivity contribution in [1.82, 2.24) is 20.0 Å². The predicted octanol–water partition coefficient (Wildman–Crippen LogP) is 2.17. The third-order valence-electron chi connectivity index (χ3n) is 5.70. The molecule has 3 heterocycles. The van der Waals surface area contributed by atoms with Crippen molar-refractivity contribution in [2.24, 2.45) is 5.92 Å². The number of H-pyrrole nitrogens is 1. The molecule has 27 heavy (non-hydrogen) atoms. The van der Waals surface area contributed by atoms with E-state index in [2.05, 4.69) is 22.3 Å². The molecule has 6 nitrogen and oxygen atoms in total. The summed E-state index contributed by atoms with van der Waals surface area (Å²) >= 11 is 0. The number of carbonyl (C=O) groups excluding carboxylic acids is 2. The maximum absolute atomic E-state index is 13.0. The Morgan fingerprint density at radius 2 is 2.07 bits per heavy atom. The van der Waals surface area contributed by atoms with E-state index in [1.165, 1.54) is 5.56 Å². The molecule has 1 unspecified atom stereocenters. The van der Waals surface area contributed by atoms with Crippen molar-refractivity contribution in [3.63, 3.8) is 0 Å². The van der Waals surface area contributed by atoms with Gasteiger partial charge in [-0.1, -0.05) is 30.3 Å². The lowest BCUT2D eigenvalue weighted by molar-refractivity contribution is -0.143. The largest absolute Gasteiger partial charge is 0.342 e. The van der Waals surface area contributed by atoms with Gasteiger partial charge in [-0.15, -0.1) is 0 Å². The Kier molecular flexibility index (Phi) is 5.23. The third kappa shape index (κ3) is 4.04. The summed E-state index contributed by atoms with van der Waals surface area (Å²) in [6.45, 7) is 2.64. The van der Waals surface area contributed by atoms with Gasteiger partial charge in [0.15, 0.2) is 0 Å². The average molecular weight is 366 g/mol. The van der Waals surface area contributed by atoms with E-state index < -0.39 is 0 Å². The minimum absolute atomic E-state index is 0.0760. The first-order chi connectivity index (χ1) is 13.2. The number of benzene rings is 1. The van der Waals surface area contributed by atoms with Gasteiger partial charge in [0, 0.05) is 50.3 Å².